The molecule has 1 aliphatic rings. The summed E-state index contributed by atoms with van der Waals surface area (Å²) in [5, 5.41) is 3.61. The van der Waals surface area contributed by atoms with Gasteiger partial charge in [-0.3, -0.25) is 0 Å². The van der Waals surface area contributed by atoms with Gasteiger partial charge in [-0.1, -0.05) is 6.92 Å². The Morgan fingerprint density at radius 2 is 1.78 bits per heavy atom. The monoisotopic (exact) mass is 257 g/mol. The Bertz CT molecular complexity index is 227. The largest absolute Gasteiger partial charge is 0.382 e. The predicted octanol–water partition coefficient (Wildman–Crippen LogP) is 2.99. The summed E-state index contributed by atoms with van der Waals surface area (Å²) in [5.41, 5.74) is 0.180. The zero-order valence-corrected chi connectivity index (χ0v) is 12.8. The number of hydrogen-bond acceptors (Lipinski definition) is 3. The van der Waals surface area contributed by atoms with Crippen LogP contribution < -0.4 is 5.32 Å². The number of nitrogens with one attached hydrogen (secondary N) is 1. The van der Waals surface area contributed by atoms with Crippen molar-refractivity contribution in [2.24, 2.45) is 5.92 Å². The predicted molar refractivity (Wildman–Crippen MR) is 75.9 cm³/mol. The van der Waals surface area contributed by atoms with Crippen molar-refractivity contribution in [3.05, 3.63) is 0 Å². The Balaban J connectivity index is 2.51. The van der Waals surface area contributed by atoms with Crippen LogP contribution in [0.5, 0.6) is 0 Å². The van der Waals surface area contributed by atoms with Gasteiger partial charge in [-0.15, -0.1) is 0 Å². The van der Waals surface area contributed by atoms with Gasteiger partial charge in [0.1, 0.15) is 0 Å². The molecule has 0 amide bonds. The third-order valence-corrected chi connectivity index (χ3v) is 3.82. The number of hydrogen-bond donors (Lipinski definition) is 1. The zero-order chi connectivity index (χ0) is 13.6. The van der Waals surface area contributed by atoms with Gasteiger partial charge in [0, 0.05) is 19.2 Å². The highest BCUT2D eigenvalue weighted by atomic mass is 16.5. The summed E-state index contributed by atoms with van der Waals surface area (Å²) in [5.74, 6) is 0.846. The van der Waals surface area contributed by atoms with Crippen LogP contribution in [-0.4, -0.2) is 38.0 Å². The lowest BCUT2D eigenvalue weighted by Crippen LogP contribution is -2.51. The summed E-state index contributed by atoms with van der Waals surface area (Å²) in [6.07, 6.45) is 4.89. The number of ether oxygens (including phenoxy) is 2. The van der Waals surface area contributed by atoms with E-state index in [1.54, 1.807) is 7.11 Å². The summed E-state index contributed by atoms with van der Waals surface area (Å²) in [6, 6.07) is 0. The minimum atomic E-state index is 0.0261. The lowest BCUT2D eigenvalue weighted by atomic mass is 9.79. The van der Waals surface area contributed by atoms with E-state index < -0.39 is 0 Å². The van der Waals surface area contributed by atoms with Gasteiger partial charge in [0.15, 0.2) is 0 Å². The van der Waals surface area contributed by atoms with Gasteiger partial charge in [0.05, 0.1) is 18.8 Å². The fourth-order valence-corrected chi connectivity index (χ4v) is 2.43. The van der Waals surface area contributed by atoms with Crippen LogP contribution in [0.4, 0.5) is 0 Å². The SMILES string of the molecule is COCCOC1(CNC(C)(C)C)CCC(C)CC1. The van der Waals surface area contributed by atoms with Crippen LogP contribution in [0.2, 0.25) is 0 Å². The van der Waals surface area contributed by atoms with E-state index in [2.05, 4.69) is 33.0 Å². The van der Waals surface area contributed by atoms with Crippen molar-refractivity contribution in [1.29, 1.82) is 0 Å². The van der Waals surface area contributed by atoms with Gasteiger partial charge < -0.3 is 14.8 Å². The molecule has 0 aromatic rings. The van der Waals surface area contributed by atoms with E-state index in [-0.39, 0.29) is 11.1 Å². The van der Waals surface area contributed by atoms with E-state index in [0.717, 1.165) is 12.5 Å². The molecule has 0 bridgehead atoms. The minimum Gasteiger partial charge on any atom is -0.382 e. The summed E-state index contributed by atoms with van der Waals surface area (Å²) >= 11 is 0. The Hall–Kier alpha value is -0.120. The van der Waals surface area contributed by atoms with Gasteiger partial charge in [-0.05, 0) is 52.4 Å². The summed E-state index contributed by atoms with van der Waals surface area (Å²) in [6.45, 7) is 11.3. The standard InChI is InChI=1S/C15H31NO2/c1-13-6-8-15(9-7-13,18-11-10-17-5)12-16-14(2,3)4/h13,16H,6-12H2,1-5H3. The molecule has 0 unspecified atom stereocenters. The molecule has 3 heteroatoms. The molecule has 0 atom stereocenters. The van der Waals surface area contributed by atoms with Gasteiger partial charge in [0.2, 0.25) is 0 Å². The topological polar surface area (TPSA) is 30.5 Å². The summed E-state index contributed by atoms with van der Waals surface area (Å²) < 4.78 is 11.3. The molecule has 0 aromatic heterocycles. The first-order chi connectivity index (χ1) is 8.37. The minimum absolute atomic E-state index is 0.0261. The summed E-state index contributed by atoms with van der Waals surface area (Å²) in [4.78, 5) is 0. The second-order valence-corrected chi connectivity index (χ2v) is 6.81. The molecule has 1 aliphatic carbocycles. The van der Waals surface area contributed by atoms with Gasteiger partial charge in [-0.25, -0.2) is 0 Å². The first-order valence-corrected chi connectivity index (χ1v) is 7.25. The maximum absolute atomic E-state index is 6.17. The van der Waals surface area contributed by atoms with E-state index in [1.165, 1.54) is 25.7 Å². The van der Waals surface area contributed by atoms with Crippen LogP contribution in [0.1, 0.15) is 53.4 Å². The molecule has 1 saturated carbocycles. The van der Waals surface area contributed by atoms with E-state index >= 15 is 0 Å². The number of rotatable bonds is 6. The average molecular weight is 257 g/mol. The maximum atomic E-state index is 6.17. The van der Waals surface area contributed by atoms with E-state index in [9.17, 15) is 0 Å². The van der Waals surface area contributed by atoms with Crippen LogP contribution >= 0.6 is 0 Å². The van der Waals surface area contributed by atoms with Gasteiger partial charge in [0.25, 0.3) is 0 Å². The molecular formula is C15H31NO2. The Labute approximate surface area is 113 Å². The van der Waals surface area contributed by atoms with Crippen molar-refractivity contribution in [3.63, 3.8) is 0 Å². The first kappa shape index (κ1) is 15.9. The molecule has 1 rings (SSSR count). The quantitative estimate of drug-likeness (QED) is 0.742. The van der Waals surface area contributed by atoms with Crippen molar-refractivity contribution in [2.45, 2.75) is 64.5 Å². The van der Waals surface area contributed by atoms with Crippen LogP contribution in [-0.2, 0) is 9.47 Å². The third kappa shape index (κ3) is 5.68. The Kier molecular flexibility index (Phi) is 6.09. The molecule has 0 radical (unpaired) electrons. The molecule has 0 spiro atoms. The molecule has 0 aromatic carbocycles. The van der Waals surface area contributed by atoms with Crippen molar-refractivity contribution in [1.82, 2.24) is 5.32 Å². The van der Waals surface area contributed by atoms with E-state index in [0.29, 0.717) is 13.2 Å². The molecule has 0 aliphatic heterocycles. The maximum Gasteiger partial charge on any atom is 0.0807 e. The fourth-order valence-electron chi connectivity index (χ4n) is 2.43. The van der Waals surface area contributed by atoms with Gasteiger partial charge in [-0.2, -0.15) is 0 Å². The smallest absolute Gasteiger partial charge is 0.0807 e. The van der Waals surface area contributed by atoms with Crippen molar-refractivity contribution < 1.29 is 9.47 Å². The van der Waals surface area contributed by atoms with Crippen molar-refractivity contribution in [3.8, 4) is 0 Å². The Morgan fingerprint density at radius 3 is 2.28 bits per heavy atom. The number of methoxy groups -OCH3 is 1. The Morgan fingerprint density at radius 1 is 1.17 bits per heavy atom. The van der Waals surface area contributed by atoms with Crippen LogP contribution in [0.3, 0.4) is 0 Å². The lowest BCUT2D eigenvalue weighted by molar-refractivity contribution is -0.0904. The second kappa shape index (κ2) is 6.88. The highest BCUT2D eigenvalue weighted by Gasteiger charge is 2.35. The molecule has 1 N–H and O–H groups in total. The van der Waals surface area contributed by atoms with Crippen molar-refractivity contribution in [2.75, 3.05) is 26.9 Å². The van der Waals surface area contributed by atoms with E-state index in [1.807, 2.05) is 0 Å². The highest BCUT2D eigenvalue weighted by Crippen LogP contribution is 2.34. The average Bonchev–Trinajstić information content (AvgIpc) is 2.30. The normalized spacial score (nSPS) is 29.5. The van der Waals surface area contributed by atoms with Crippen LogP contribution in [0.15, 0.2) is 0 Å². The van der Waals surface area contributed by atoms with Crippen molar-refractivity contribution >= 4 is 0 Å². The highest BCUT2D eigenvalue weighted by molar-refractivity contribution is 4.90. The lowest BCUT2D eigenvalue weighted by Gasteiger charge is -2.41. The van der Waals surface area contributed by atoms with Gasteiger partial charge >= 0.3 is 0 Å². The van der Waals surface area contributed by atoms with Crippen LogP contribution in [0, 0.1) is 5.92 Å². The first-order valence-electron chi connectivity index (χ1n) is 7.25. The van der Waals surface area contributed by atoms with Crippen LogP contribution in [0.25, 0.3) is 0 Å². The van der Waals surface area contributed by atoms with E-state index in [4.69, 9.17) is 9.47 Å². The molecule has 18 heavy (non-hydrogen) atoms. The molecule has 0 heterocycles. The fraction of sp³-hybridized carbons (Fsp3) is 1.00. The molecule has 3 nitrogen and oxygen atoms in total. The second-order valence-electron chi connectivity index (χ2n) is 6.81. The zero-order valence-electron chi connectivity index (χ0n) is 12.8. The molecule has 1 fully saturated rings. The molecule has 108 valence electrons. The molecular weight excluding hydrogens is 226 g/mol. The molecule has 0 saturated heterocycles. The summed E-state index contributed by atoms with van der Waals surface area (Å²) in [7, 11) is 1.73. The third-order valence-electron chi connectivity index (χ3n) is 3.82.